The molecule has 16 heavy (non-hydrogen) atoms. The van der Waals surface area contributed by atoms with Gasteiger partial charge in [-0.1, -0.05) is 20.8 Å². The zero-order valence-corrected chi connectivity index (χ0v) is 10.5. The molecule has 0 aliphatic heterocycles. The maximum atomic E-state index is 11.8. The lowest BCUT2D eigenvalue weighted by Gasteiger charge is -2.13. The Kier molecular flexibility index (Phi) is 4.53. The SMILES string of the molecule is CCCC(=O)c1ccc(OC)c(C(C)C)c1. The van der Waals surface area contributed by atoms with Gasteiger partial charge in [0.1, 0.15) is 5.75 Å². The second-order valence-corrected chi connectivity index (χ2v) is 4.28. The highest BCUT2D eigenvalue weighted by atomic mass is 16.5. The van der Waals surface area contributed by atoms with E-state index in [-0.39, 0.29) is 5.78 Å². The van der Waals surface area contributed by atoms with Gasteiger partial charge in [0.2, 0.25) is 0 Å². The van der Waals surface area contributed by atoms with E-state index in [1.54, 1.807) is 7.11 Å². The monoisotopic (exact) mass is 220 g/mol. The van der Waals surface area contributed by atoms with E-state index in [1.165, 1.54) is 0 Å². The smallest absolute Gasteiger partial charge is 0.162 e. The predicted octanol–water partition coefficient (Wildman–Crippen LogP) is 3.80. The van der Waals surface area contributed by atoms with Gasteiger partial charge in [-0.05, 0) is 36.1 Å². The minimum atomic E-state index is 0.215. The third-order valence-electron chi connectivity index (χ3n) is 2.65. The maximum absolute atomic E-state index is 11.8. The highest BCUT2D eigenvalue weighted by molar-refractivity contribution is 5.96. The first-order chi connectivity index (χ1) is 7.60. The molecule has 0 saturated carbocycles. The van der Waals surface area contributed by atoms with Crippen molar-refractivity contribution in [3.05, 3.63) is 29.3 Å². The third-order valence-corrected chi connectivity index (χ3v) is 2.65. The zero-order valence-electron chi connectivity index (χ0n) is 10.5. The summed E-state index contributed by atoms with van der Waals surface area (Å²) in [7, 11) is 1.66. The number of Topliss-reactive ketones (excluding diaryl/α,β-unsaturated/α-hetero) is 1. The average molecular weight is 220 g/mol. The molecule has 0 spiro atoms. The number of rotatable bonds is 5. The normalized spacial score (nSPS) is 10.6. The molecule has 1 aromatic rings. The summed E-state index contributed by atoms with van der Waals surface area (Å²) in [5.74, 6) is 1.44. The Bertz CT molecular complexity index is 367. The summed E-state index contributed by atoms with van der Waals surface area (Å²) in [4.78, 5) is 11.8. The van der Waals surface area contributed by atoms with E-state index in [1.807, 2.05) is 25.1 Å². The summed E-state index contributed by atoms with van der Waals surface area (Å²) < 4.78 is 5.29. The molecule has 0 heterocycles. The van der Waals surface area contributed by atoms with E-state index in [2.05, 4.69) is 13.8 Å². The summed E-state index contributed by atoms with van der Waals surface area (Å²) in [6, 6.07) is 5.70. The van der Waals surface area contributed by atoms with Crippen molar-refractivity contribution >= 4 is 5.78 Å². The molecule has 0 amide bonds. The van der Waals surface area contributed by atoms with Crippen LogP contribution < -0.4 is 4.74 Å². The summed E-state index contributed by atoms with van der Waals surface area (Å²) >= 11 is 0. The van der Waals surface area contributed by atoms with Gasteiger partial charge >= 0.3 is 0 Å². The molecule has 0 aromatic heterocycles. The highest BCUT2D eigenvalue weighted by Gasteiger charge is 2.11. The topological polar surface area (TPSA) is 26.3 Å². The summed E-state index contributed by atoms with van der Waals surface area (Å²) in [5, 5.41) is 0. The number of benzene rings is 1. The minimum absolute atomic E-state index is 0.215. The molecule has 0 aliphatic carbocycles. The Morgan fingerprint density at radius 3 is 2.56 bits per heavy atom. The number of carbonyl (C=O) groups is 1. The Morgan fingerprint density at radius 2 is 2.06 bits per heavy atom. The predicted molar refractivity (Wildman–Crippen MR) is 66.3 cm³/mol. The van der Waals surface area contributed by atoms with E-state index in [4.69, 9.17) is 4.74 Å². The summed E-state index contributed by atoms with van der Waals surface area (Å²) in [6.45, 7) is 6.22. The Morgan fingerprint density at radius 1 is 1.38 bits per heavy atom. The van der Waals surface area contributed by atoms with Gasteiger partial charge in [-0.2, -0.15) is 0 Å². The van der Waals surface area contributed by atoms with E-state index < -0.39 is 0 Å². The van der Waals surface area contributed by atoms with Crippen molar-refractivity contribution in [1.29, 1.82) is 0 Å². The van der Waals surface area contributed by atoms with Crippen LogP contribution in [0.2, 0.25) is 0 Å². The number of hydrogen-bond donors (Lipinski definition) is 0. The van der Waals surface area contributed by atoms with Gasteiger partial charge in [-0.15, -0.1) is 0 Å². The molecule has 1 rings (SSSR count). The number of ether oxygens (including phenoxy) is 1. The van der Waals surface area contributed by atoms with Gasteiger partial charge in [0.05, 0.1) is 7.11 Å². The fourth-order valence-corrected chi connectivity index (χ4v) is 1.73. The second kappa shape index (κ2) is 5.69. The summed E-state index contributed by atoms with van der Waals surface area (Å²) in [6.07, 6.45) is 1.51. The fraction of sp³-hybridized carbons (Fsp3) is 0.500. The van der Waals surface area contributed by atoms with Crippen molar-refractivity contribution in [1.82, 2.24) is 0 Å². The third kappa shape index (κ3) is 2.84. The van der Waals surface area contributed by atoms with Gasteiger partial charge in [0.15, 0.2) is 5.78 Å². The van der Waals surface area contributed by atoms with Crippen molar-refractivity contribution in [2.45, 2.75) is 39.5 Å². The molecular formula is C14H20O2. The first kappa shape index (κ1) is 12.8. The standard InChI is InChI=1S/C14H20O2/c1-5-6-13(15)11-7-8-14(16-4)12(9-11)10(2)3/h7-10H,5-6H2,1-4H3. The largest absolute Gasteiger partial charge is 0.496 e. The molecule has 0 radical (unpaired) electrons. The van der Waals surface area contributed by atoms with Crippen LogP contribution in [0.25, 0.3) is 0 Å². The Labute approximate surface area is 97.6 Å². The number of methoxy groups -OCH3 is 1. The lowest BCUT2D eigenvalue weighted by molar-refractivity contribution is 0.0981. The van der Waals surface area contributed by atoms with E-state index in [9.17, 15) is 4.79 Å². The second-order valence-electron chi connectivity index (χ2n) is 4.28. The zero-order chi connectivity index (χ0) is 12.1. The quantitative estimate of drug-likeness (QED) is 0.705. The van der Waals surface area contributed by atoms with Crippen molar-refractivity contribution in [3.63, 3.8) is 0 Å². The molecule has 1 aromatic carbocycles. The number of hydrogen-bond acceptors (Lipinski definition) is 2. The van der Waals surface area contributed by atoms with Crippen LogP contribution in [0.15, 0.2) is 18.2 Å². The van der Waals surface area contributed by atoms with Crippen molar-refractivity contribution in [2.24, 2.45) is 0 Å². The molecule has 0 fully saturated rings. The molecule has 88 valence electrons. The summed E-state index contributed by atoms with van der Waals surface area (Å²) in [5.41, 5.74) is 1.90. The molecule has 2 heteroatoms. The molecule has 2 nitrogen and oxygen atoms in total. The lowest BCUT2D eigenvalue weighted by Crippen LogP contribution is -2.02. The van der Waals surface area contributed by atoms with Crippen LogP contribution in [0, 0.1) is 0 Å². The molecule has 0 bridgehead atoms. The van der Waals surface area contributed by atoms with Crippen molar-refractivity contribution < 1.29 is 9.53 Å². The number of ketones is 1. The van der Waals surface area contributed by atoms with Crippen LogP contribution in [-0.4, -0.2) is 12.9 Å². The van der Waals surface area contributed by atoms with E-state index in [0.717, 1.165) is 23.3 Å². The van der Waals surface area contributed by atoms with Crippen molar-refractivity contribution in [3.8, 4) is 5.75 Å². The number of carbonyl (C=O) groups excluding carboxylic acids is 1. The van der Waals surface area contributed by atoms with Crippen LogP contribution in [0.1, 0.15) is 55.5 Å². The Balaban J connectivity index is 3.06. The Hall–Kier alpha value is -1.31. The van der Waals surface area contributed by atoms with Crippen molar-refractivity contribution in [2.75, 3.05) is 7.11 Å². The van der Waals surface area contributed by atoms with Crippen LogP contribution in [0.5, 0.6) is 5.75 Å². The fourth-order valence-electron chi connectivity index (χ4n) is 1.73. The highest BCUT2D eigenvalue weighted by Crippen LogP contribution is 2.27. The lowest BCUT2D eigenvalue weighted by atomic mass is 9.97. The molecule has 0 N–H and O–H groups in total. The molecule has 0 atom stereocenters. The van der Waals surface area contributed by atoms with Crippen LogP contribution >= 0.6 is 0 Å². The van der Waals surface area contributed by atoms with Gasteiger partial charge in [0, 0.05) is 12.0 Å². The van der Waals surface area contributed by atoms with Crippen LogP contribution in [-0.2, 0) is 0 Å². The molecule has 0 aliphatic rings. The minimum Gasteiger partial charge on any atom is -0.496 e. The van der Waals surface area contributed by atoms with Gasteiger partial charge in [-0.25, -0.2) is 0 Å². The average Bonchev–Trinajstić information content (AvgIpc) is 2.28. The van der Waals surface area contributed by atoms with Gasteiger partial charge in [-0.3, -0.25) is 4.79 Å². The van der Waals surface area contributed by atoms with E-state index in [0.29, 0.717) is 12.3 Å². The molecular weight excluding hydrogens is 200 g/mol. The van der Waals surface area contributed by atoms with E-state index >= 15 is 0 Å². The first-order valence-electron chi connectivity index (χ1n) is 5.81. The van der Waals surface area contributed by atoms with Crippen LogP contribution in [0.4, 0.5) is 0 Å². The molecule has 0 unspecified atom stereocenters. The molecule has 0 saturated heterocycles. The van der Waals surface area contributed by atoms with Gasteiger partial charge < -0.3 is 4.74 Å². The van der Waals surface area contributed by atoms with Crippen LogP contribution in [0.3, 0.4) is 0 Å². The first-order valence-corrected chi connectivity index (χ1v) is 5.81. The van der Waals surface area contributed by atoms with Gasteiger partial charge in [0.25, 0.3) is 0 Å². The maximum Gasteiger partial charge on any atom is 0.162 e.